The van der Waals surface area contributed by atoms with Crippen molar-refractivity contribution in [3.8, 4) is 0 Å². The molecule has 2 aromatic heterocycles. The summed E-state index contributed by atoms with van der Waals surface area (Å²) in [4.78, 5) is 11.5. The Labute approximate surface area is 128 Å². The zero-order valence-corrected chi connectivity index (χ0v) is 13.5. The van der Waals surface area contributed by atoms with Crippen molar-refractivity contribution in [2.24, 2.45) is 0 Å². The fourth-order valence-electron chi connectivity index (χ4n) is 3.04. The highest BCUT2D eigenvalue weighted by Crippen LogP contribution is 2.40. The molecule has 1 aliphatic rings. The van der Waals surface area contributed by atoms with Crippen molar-refractivity contribution in [2.75, 3.05) is 6.61 Å². The second kappa shape index (κ2) is 5.58. The van der Waals surface area contributed by atoms with Crippen LogP contribution in [0, 0.1) is 6.92 Å². The standard InChI is InChI=1S/C15H19ClN2OS/c1-3-19-15(7-5-4-6-8-15)14-17-12(16)11-9-10(2)20-13(11)18-14/h9H,3-8H2,1-2H3. The summed E-state index contributed by atoms with van der Waals surface area (Å²) in [5.74, 6) is 0.776. The number of aromatic nitrogens is 2. The van der Waals surface area contributed by atoms with Gasteiger partial charge in [0.15, 0.2) is 5.82 Å². The Morgan fingerprint density at radius 2 is 2.05 bits per heavy atom. The molecule has 2 heterocycles. The second-order valence-corrected chi connectivity index (χ2v) is 6.99. The molecule has 1 saturated carbocycles. The zero-order valence-electron chi connectivity index (χ0n) is 11.9. The van der Waals surface area contributed by atoms with Crippen molar-refractivity contribution in [1.29, 1.82) is 0 Å². The molecule has 3 rings (SSSR count). The first kappa shape index (κ1) is 14.2. The molecule has 3 nitrogen and oxygen atoms in total. The number of hydrogen-bond acceptors (Lipinski definition) is 4. The molecule has 2 aromatic rings. The quantitative estimate of drug-likeness (QED) is 0.760. The third-order valence-corrected chi connectivity index (χ3v) is 5.19. The van der Waals surface area contributed by atoms with Gasteiger partial charge < -0.3 is 4.74 Å². The number of halogens is 1. The Balaban J connectivity index is 2.10. The van der Waals surface area contributed by atoms with Gasteiger partial charge in [-0.2, -0.15) is 0 Å². The molecular formula is C15H19ClN2OS. The van der Waals surface area contributed by atoms with E-state index in [0.29, 0.717) is 11.8 Å². The molecule has 0 spiro atoms. The number of fused-ring (bicyclic) bond motifs is 1. The van der Waals surface area contributed by atoms with Gasteiger partial charge in [-0.3, -0.25) is 0 Å². The van der Waals surface area contributed by atoms with E-state index < -0.39 is 0 Å². The first-order chi connectivity index (χ1) is 9.64. The monoisotopic (exact) mass is 310 g/mol. The maximum absolute atomic E-state index is 6.36. The van der Waals surface area contributed by atoms with Crippen LogP contribution in [0.5, 0.6) is 0 Å². The Bertz CT molecular complexity index is 614. The molecule has 0 atom stereocenters. The SMILES string of the molecule is CCOC1(c2nc(Cl)c3cc(C)sc3n2)CCCCC1. The van der Waals surface area contributed by atoms with Gasteiger partial charge in [-0.25, -0.2) is 9.97 Å². The van der Waals surface area contributed by atoms with E-state index in [2.05, 4.69) is 18.0 Å². The van der Waals surface area contributed by atoms with Gasteiger partial charge in [-0.1, -0.05) is 30.9 Å². The summed E-state index contributed by atoms with van der Waals surface area (Å²) in [6.07, 6.45) is 5.59. The van der Waals surface area contributed by atoms with Gasteiger partial charge in [0.1, 0.15) is 15.6 Å². The number of rotatable bonds is 3. The first-order valence-corrected chi connectivity index (χ1v) is 8.42. The van der Waals surface area contributed by atoms with Crippen LogP contribution < -0.4 is 0 Å². The van der Waals surface area contributed by atoms with Crippen LogP contribution in [0.25, 0.3) is 10.2 Å². The predicted octanol–water partition coefficient (Wildman–Crippen LogP) is 4.85. The molecule has 1 fully saturated rings. The normalized spacial score (nSPS) is 18.6. The van der Waals surface area contributed by atoms with Crippen molar-refractivity contribution >= 4 is 33.2 Å². The Kier molecular flexibility index (Phi) is 3.98. The number of hydrogen-bond donors (Lipinski definition) is 0. The molecule has 0 aromatic carbocycles. The third-order valence-electron chi connectivity index (χ3n) is 3.96. The topological polar surface area (TPSA) is 35.0 Å². The highest BCUT2D eigenvalue weighted by Gasteiger charge is 2.38. The lowest BCUT2D eigenvalue weighted by Crippen LogP contribution is -2.34. The lowest BCUT2D eigenvalue weighted by atomic mass is 9.84. The summed E-state index contributed by atoms with van der Waals surface area (Å²) in [6.45, 7) is 4.79. The molecule has 108 valence electrons. The summed E-state index contributed by atoms with van der Waals surface area (Å²) < 4.78 is 6.09. The Morgan fingerprint density at radius 3 is 2.75 bits per heavy atom. The fraction of sp³-hybridized carbons (Fsp3) is 0.600. The van der Waals surface area contributed by atoms with Gasteiger partial charge >= 0.3 is 0 Å². The average molecular weight is 311 g/mol. The summed E-state index contributed by atoms with van der Waals surface area (Å²) in [6, 6.07) is 2.06. The van der Waals surface area contributed by atoms with Crippen molar-refractivity contribution in [3.63, 3.8) is 0 Å². The molecule has 0 radical (unpaired) electrons. The second-order valence-electron chi connectivity index (χ2n) is 5.40. The Hall–Kier alpha value is -0.710. The molecule has 0 N–H and O–H groups in total. The van der Waals surface area contributed by atoms with Crippen LogP contribution in [-0.2, 0) is 10.3 Å². The third kappa shape index (κ3) is 2.45. The fourth-order valence-corrected chi connectivity index (χ4v) is 4.20. The van der Waals surface area contributed by atoms with Crippen molar-refractivity contribution in [2.45, 2.75) is 51.6 Å². The number of aryl methyl sites for hydroxylation is 1. The minimum Gasteiger partial charge on any atom is -0.367 e. The summed E-state index contributed by atoms with van der Waals surface area (Å²) >= 11 is 8.03. The molecule has 0 amide bonds. The maximum Gasteiger partial charge on any atom is 0.163 e. The van der Waals surface area contributed by atoms with Gasteiger partial charge in [-0.15, -0.1) is 11.3 Å². The molecule has 0 unspecified atom stereocenters. The molecular weight excluding hydrogens is 292 g/mol. The number of thiophene rings is 1. The first-order valence-electron chi connectivity index (χ1n) is 7.23. The van der Waals surface area contributed by atoms with Crippen LogP contribution >= 0.6 is 22.9 Å². The maximum atomic E-state index is 6.36. The highest BCUT2D eigenvalue weighted by atomic mass is 35.5. The van der Waals surface area contributed by atoms with Gasteiger partial charge in [-0.05, 0) is 32.8 Å². The minimum atomic E-state index is -0.331. The minimum absolute atomic E-state index is 0.331. The van der Waals surface area contributed by atoms with Crippen LogP contribution in [0.2, 0.25) is 5.15 Å². The van der Waals surface area contributed by atoms with E-state index in [1.807, 2.05) is 6.92 Å². The number of ether oxygens (including phenoxy) is 1. The van der Waals surface area contributed by atoms with E-state index in [1.165, 1.54) is 24.1 Å². The lowest BCUT2D eigenvalue weighted by Gasteiger charge is -2.35. The summed E-state index contributed by atoms with van der Waals surface area (Å²) in [5.41, 5.74) is -0.331. The van der Waals surface area contributed by atoms with Crippen molar-refractivity contribution in [3.05, 3.63) is 21.9 Å². The van der Waals surface area contributed by atoms with E-state index in [1.54, 1.807) is 11.3 Å². The smallest absolute Gasteiger partial charge is 0.163 e. The Morgan fingerprint density at radius 1 is 1.30 bits per heavy atom. The molecule has 1 aliphatic carbocycles. The van der Waals surface area contributed by atoms with Crippen LogP contribution in [0.3, 0.4) is 0 Å². The molecule has 0 saturated heterocycles. The van der Waals surface area contributed by atoms with E-state index in [4.69, 9.17) is 21.3 Å². The van der Waals surface area contributed by atoms with Crippen molar-refractivity contribution in [1.82, 2.24) is 9.97 Å². The van der Waals surface area contributed by atoms with E-state index in [0.717, 1.165) is 28.9 Å². The summed E-state index contributed by atoms with van der Waals surface area (Å²) in [7, 11) is 0. The summed E-state index contributed by atoms with van der Waals surface area (Å²) in [5, 5.41) is 1.51. The van der Waals surface area contributed by atoms with Crippen LogP contribution in [-0.4, -0.2) is 16.6 Å². The predicted molar refractivity (Wildman–Crippen MR) is 83.6 cm³/mol. The zero-order chi connectivity index (χ0) is 14.2. The molecule has 20 heavy (non-hydrogen) atoms. The molecule has 5 heteroatoms. The van der Waals surface area contributed by atoms with Gasteiger partial charge in [0.2, 0.25) is 0 Å². The van der Waals surface area contributed by atoms with Gasteiger partial charge in [0.05, 0.1) is 0 Å². The van der Waals surface area contributed by atoms with E-state index in [9.17, 15) is 0 Å². The van der Waals surface area contributed by atoms with E-state index in [-0.39, 0.29) is 5.60 Å². The van der Waals surface area contributed by atoms with Gasteiger partial charge in [0, 0.05) is 16.9 Å². The van der Waals surface area contributed by atoms with Crippen LogP contribution in [0.4, 0.5) is 0 Å². The lowest BCUT2D eigenvalue weighted by molar-refractivity contribution is -0.0764. The highest BCUT2D eigenvalue weighted by molar-refractivity contribution is 7.18. The molecule has 0 aliphatic heterocycles. The van der Waals surface area contributed by atoms with E-state index >= 15 is 0 Å². The van der Waals surface area contributed by atoms with Gasteiger partial charge in [0.25, 0.3) is 0 Å². The number of nitrogens with zero attached hydrogens (tertiary/aromatic N) is 2. The van der Waals surface area contributed by atoms with Crippen LogP contribution in [0.1, 0.15) is 49.7 Å². The van der Waals surface area contributed by atoms with Crippen molar-refractivity contribution < 1.29 is 4.74 Å². The van der Waals surface area contributed by atoms with Crippen LogP contribution in [0.15, 0.2) is 6.07 Å². The average Bonchev–Trinajstić information content (AvgIpc) is 2.81. The molecule has 0 bridgehead atoms. The largest absolute Gasteiger partial charge is 0.367 e.